The Balaban J connectivity index is 2.10. The van der Waals surface area contributed by atoms with Crippen LogP contribution in [0.3, 0.4) is 0 Å². The maximum atomic E-state index is 13.6. The summed E-state index contributed by atoms with van der Waals surface area (Å²) in [5.41, 5.74) is 0.670. The number of aliphatic carboxylic acids is 1. The molecule has 0 aliphatic heterocycles. The third-order valence-corrected chi connectivity index (χ3v) is 6.47. The second kappa shape index (κ2) is 8.75. The van der Waals surface area contributed by atoms with Gasteiger partial charge < -0.3 is 14.3 Å². The molecule has 3 aromatic carbocycles. The average molecular weight is 482 g/mol. The second-order valence-corrected chi connectivity index (χ2v) is 9.65. The lowest BCUT2D eigenvalue weighted by molar-refractivity contribution is -0.136. The summed E-state index contributed by atoms with van der Waals surface area (Å²) in [7, 11) is -2.08. The highest BCUT2D eigenvalue weighted by Gasteiger charge is 2.23. The van der Waals surface area contributed by atoms with Crippen molar-refractivity contribution in [3.8, 4) is 28.2 Å². The van der Waals surface area contributed by atoms with Crippen molar-refractivity contribution in [1.82, 2.24) is 0 Å². The van der Waals surface area contributed by atoms with E-state index < -0.39 is 33.5 Å². The monoisotopic (exact) mass is 482 g/mol. The molecule has 1 heterocycles. The van der Waals surface area contributed by atoms with Crippen LogP contribution in [-0.4, -0.2) is 32.9 Å². The zero-order valence-corrected chi connectivity index (χ0v) is 19.0. The highest BCUT2D eigenvalue weighted by Crippen LogP contribution is 2.36. The van der Waals surface area contributed by atoms with Gasteiger partial charge in [0.1, 0.15) is 22.9 Å². The first-order valence-electron chi connectivity index (χ1n) is 10.0. The zero-order valence-electron chi connectivity index (χ0n) is 18.2. The van der Waals surface area contributed by atoms with E-state index in [4.69, 9.17) is 9.15 Å². The topological polar surface area (TPSA) is 111 Å². The summed E-state index contributed by atoms with van der Waals surface area (Å²) in [6.45, 7) is 0. The fourth-order valence-corrected chi connectivity index (χ4v) is 4.37. The number of methoxy groups -OCH3 is 1. The van der Waals surface area contributed by atoms with Gasteiger partial charge >= 0.3 is 5.97 Å². The van der Waals surface area contributed by atoms with Gasteiger partial charge in [-0.25, -0.2) is 12.8 Å². The molecular weight excluding hydrogens is 463 g/mol. The van der Waals surface area contributed by atoms with E-state index in [0.29, 0.717) is 11.1 Å². The molecule has 0 bridgehead atoms. The molecule has 4 aromatic rings. The van der Waals surface area contributed by atoms with Crippen LogP contribution in [0.2, 0.25) is 0 Å². The molecule has 0 aliphatic carbocycles. The maximum absolute atomic E-state index is 13.6. The van der Waals surface area contributed by atoms with Crippen LogP contribution in [0.15, 0.2) is 74.8 Å². The summed E-state index contributed by atoms with van der Waals surface area (Å²) in [6.07, 6.45) is 0.623. The molecule has 1 aromatic heterocycles. The van der Waals surface area contributed by atoms with Gasteiger partial charge in [0.2, 0.25) is 5.43 Å². The van der Waals surface area contributed by atoms with Crippen LogP contribution in [0, 0.1) is 5.82 Å². The average Bonchev–Trinajstić information content (AvgIpc) is 2.79. The van der Waals surface area contributed by atoms with E-state index in [1.165, 1.54) is 67.8 Å². The number of carboxylic acids is 1. The van der Waals surface area contributed by atoms with Gasteiger partial charge in [0.05, 0.1) is 29.4 Å². The van der Waals surface area contributed by atoms with Gasteiger partial charge in [-0.1, -0.05) is 12.1 Å². The largest absolute Gasteiger partial charge is 0.496 e. The molecule has 0 saturated carbocycles. The highest BCUT2D eigenvalue weighted by atomic mass is 32.2. The van der Waals surface area contributed by atoms with Crippen LogP contribution in [0.1, 0.15) is 5.56 Å². The minimum Gasteiger partial charge on any atom is -0.496 e. The van der Waals surface area contributed by atoms with Crippen LogP contribution in [0.25, 0.3) is 33.4 Å². The quantitative estimate of drug-likeness (QED) is 0.436. The van der Waals surface area contributed by atoms with Gasteiger partial charge in [-0.3, -0.25) is 9.59 Å². The van der Waals surface area contributed by atoms with E-state index in [1.54, 1.807) is 0 Å². The number of sulfone groups is 1. The van der Waals surface area contributed by atoms with Gasteiger partial charge in [-0.15, -0.1) is 0 Å². The van der Waals surface area contributed by atoms with Crippen LogP contribution in [0.5, 0.6) is 5.75 Å². The first kappa shape index (κ1) is 23.2. The molecule has 4 rings (SSSR count). The summed E-state index contributed by atoms with van der Waals surface area (Å²) in [5.74, 6) is -1.30. The Bertz CT molecular complexity index is 1570. The molecule has 0 unspecified atom stereocenters. The molecule has 7 nitrogen and oxygen atoms in total. The third kappa shape index (κ3) is 4.29. The lowest BCUT2D eigenvalue weighted by Crippen LogP contribution is -2.11. The van der Waals surface area contributed by atoms with Gasteiger partial charge in [0.15, 0.2) is 9.84 Å². The third-order valence-electron chi connectivity index (χ3n) is 5.35. The molecule has 9 heteroatoms. The highest BCUT2D eigenvalue weighted by molar-refractivity contribution is 7.90. The molecule has 34 heavy (non-hydrogen) atoms. The van der Waals surface area contributed by atoms with Crippen LogP contribution >= 0.6 is 0 Å². The van der Waals surface area contributed by atoms with Crippen molar-refractivity contribution in [3.63, 3.8) is 0 Å². The van der Waals surface area contributed by atoms with Crippen LogP contribution < -0.4 is 10.2 Å². The molecule has 0 atom stereocenters. The summed E-state index contributed by atoms with van der Waals surface area (Å²) in [4.78, 5) is 25.2. The predicted molar refractivity (Wildman–Crippen MR) is 124 cm³/mol. The number of halogens is 1. The van der Waals surface area contributed by atoms with E-state index in [9.17, 15) is 27.5 Å². The lowest BCUT2D eigenvalue weighted by Gasteiger charge is -2.14. The number of hydrogen-bond donors (Lipinski definition) is 1. The molecule has 0 radical (unpaired) electrons. The molecule has 0 aliphatic rings. The van der Waals surface area contributed by atoms with E-state index in [2.05, 4.69) is 0 Å². The number of benzene rings is 3. The van der Waals surface area contributed by atoms with E-state index in [1.807, 2.05) is 0 Å². The van der Waals surface area contributed by atoms with Gasteiger partial charge in [0, 0.05) is 17.4 Å². The number of carbonyl (C=O) groups is 1. The number of ether oxygens (including phenoxy) is 1. The van der Waals surface area contributed by atoms with E-state index in [-0.39, 0.29) is 38.5 Å². The molecule has 0 amide bonds. The van der Waals surface area contributed by atoms with Crippen molar-refractivity contribution in [3.05, 3.63) is 82.3 Å². The van der Waals surface area contributed by atoms with Gasteiger partial charge in [0.25, 0.3) is 0 Å². The Kier molecular flexibility index (Phi) is 5.97. The normalized spacial score (nSPS) is 11.5. The molecule has 0 saturated heterocycles. The molecular formula is C25H19FO7S. The van der Waals surface area contributed by atoms with Crippen molar-refractivity contribution in [2.75, 3.05) is 13.4 Å². The Labute approximate surface area is 194 Å². The van der Waals surface area contributed by atoms with Crippen LogP contribution in [-0.2, 0) is 21.1 Å². The summed E-state index contributed by atoms with van der Waals surface area (Å²) in [6, 6.07) is 14.0. The van der Waals surface area contributed by atoms with Crippen molar-refractivity contribution in [2.24, 2.45) is 0 Å². The Morgan fingerprint density at radius 1 is 1.00 bits per heavy atom. The maximum Gasteiger partial charge on any atom is 0.308 e. The molecule has 1 N–H and O–H groups in total. The first-order valence-corrected chi connectivity index (χ1v) is 11.9. The van der Waals surface area contributed by atoms with E-state index >= 15 is 0 Å². The smallest absolute Gasteiger partial charge is 0.308 e. The lowest BCUT2D eigenvalue weighted by atomic mass is 9.97. The summed E-state index contributed by atoms with van der Waals surface area (Å²) < 4.78 is 48.7. The number of carboxylic acid groups (broad SMARTS) is 1. The van der Waals surface area contributed by atoms with Crippen LogP contribution in [0.4, 0.5) is 4.39 Å². The summed E-state index contributed by atoms with van der Waals surface area (Å²) in [5, 5.41) is 9.53. The Morgan fingerprint density at radius 2 is 1.62 bits per heavy atom. The number of fused-ring (bicyclic) bond motifs is 1. The standard InChI is InChI=1S/C25H19FO7S/c1-32-20-12-11-18-23(29)22(14-3-7-16(26)8-4-14)24(33-25(18)19(20)13-21(27)28)15-5-9-17(10-6-15)34(2,30)31/h3-12H,13H2,1-2H3,(H,27,28). The number of hydrogen-bond acceptors (Lipinski definition) is 6. The Hall–Kier alpha value is -3.98. The van der Waals surface area contributed by atoms with Crippen molar-refractivity contribution < 1.29 is 31.9 Å². The van der Waals surface area contributed by atoms with Crippen molar-refractivity contribution in [2.45, 2.75) is 11.3 Å². The number of rotatable bonds is 6. The second-order valence-electron chi connectivity index (χ2n) is 7.63. The fourth-order valence-electron chi connectivity index (χ4n) is 3.74. The fraction of sp³-hybridized carbons (Fsp3) is 0.120. The SMILES string of the molecule is COc1ccc2c(=O)c(-c3ccc(F)cc3)c(-c3ccc(S(C)(=O)=O)cc3)oc2c1CC(=O)O. The van der Waals surface area contributed by atoms with Gasteiger partial charge in [-0.05, 0) is 54.1 Å². The van der Waals surface area contributed by atoms with E-state index in [0.717, 1.165) is 6.26 Å². The minimum absolute atomic E-state index is 0.0415. The van der Waals surface area contributed by atoms with Crippen molar-refractivity contribution >= 4 is 26.8 Å². The predicted octanol–water partition coefficient (Wildman–Crippen LogP) is 4.31. The van der Waals surface area contributed by atoms with Crippen molar-refractivity contribution in [1.29, 1.82) is 0 Å². The Morgan fingerprint density at radius 3 is 2.18 bits per heavy atom. The first-order chi connectivity index (χ1) is 16.1. The zero-order chi connectivity index (χ0) is 24.6. The molecule has 174 valence electrons. The summed E-state index contributed by atoms with van der Waals surface area (Å²) >= 11 is 0. The minimum atomic E-state index is -3.46. The van der Waals surface area contributed by atoms with Gasteiger partial charge in [-0.2, -0.15) is 0 Å². The molecule has 0 spiro atoms. The molecule has 0 fully saturated rings.